The molecule has 0 atom stereocenters. The summed E-state index contributed by atoms with van der Waals surface area (Å²) in [5, 5.41) is 4.70. The van der Waals surface area contributed by atoms with E-state index in [-0.39, 0.29) is 0 Å². The van der Waals surface area contributed by atoms with Crippen LogP contribution in [0.25, 0.3) is 110 Å². The molecule has 11 aromatic rings. The SMILES string of the molecule is c1ccc(-c2cccc(-c3cc(-c4ccc5c(c4)oc4cc(-c6nc(-c7ccccc7)nc(-c7ccccc7)n6)ccc45)cc4sc5ccccc5c34)c2)cc1. The Kier molecular flexibility index (Phi) is 7.64. The zero-order valence-electron chi connectivity index (χ0n) is 30.1. The highest BCUT2D eigenvalue weighted by molar-refractivity contribution is 7.26. The Balaban J connectivity index is 1.03. The monoisotopic (exact) mass is 733 g/mol. The average molecular weight is 734 g/mol. The molecule has 0 N–H and O–H groups in total. The van der Waals surface area contributed by atoms with E-state index in [0.29, 0.717) is 17.5 Å². The molecular formula is C51H31N3OS. The van der Waals surface area contributed by atoms with Crippen molar-refractivity contribution in [2.24, 2.45) is 0 Å². The molecule has 4 nitrogen and oxygen atoms in total. The van der Waals surface area contributed by atoms with Crippen LogP contribution in [0, 0.1) is 0 Å². The molecule has 0 aliphatic rings. The summed E-state index contributed by atoms with van der Waals surface area (Å²) in [6, 6.07) is 65.8. The van der Waals surface area contributed by atoms with Gasteiger partial charge in [0.15, 0.2) is 17.5 Å². The Bertz CT molecular complexity index is 3180. The zero-order valence-corrected chi connectivity index (χ0v) is 30.9. The first-order valence-corrected chi connectivity index (χ1v) is 19.5. The molecule has 0 amide bonds. The first-order valence-electron chi connectivity index (χ1n) is 18.7. The number of fused-ring (bicyclic) bond motifs is 6. The highest BCUT2D eigenvalue weighted by atomic mass is 32.1. The quantitative estimate of drug-likeness (QED) is 0.171. The normalized spacial score (nSPS) is 11.6. The van der Waals surface area contributed by atoms with Crippen molar-refractivity contribution in [2.75, 3.05) is 0 Å². The first-order chi connectivity index (χ1) is 27.7. The van der Waals surface area contributed by atoms with Gasteiger partial charge in [-0.1, -0.05) is 140 Å². The lowest BCUT2D eigenvalue weighted by atomic mass is 9.92. The maximum absolute atomic E-state index is 6.65. The minimum absolute atomic E-state index is 0.598. The van der Waals surface area contributed by atoms with Crippen LogP contribution < -0.4 is 0 Å². The number of aromatic nitrogens is 3. The van der Waals surface area contributed by atoms with Crippen LogP contribution in [0.5, 0.6) is 0 Å². The molecule has 56 heavy (non-hydrogen) atoms. The molecule has 0 saturated carbocycles. The highest BCUT2D eigenvalue weighted by Crippen LogP contribution is 2.44. The minimum Gasteiger partial charge on any atom is -0.456 e. The van der Waals surface area contributed by atoms with E-state index in [1.165, 1.54) is 42.4 Å². The fourth-order valence-corrected chi connectivity index (χ4v) is 8.95. The van der Waals surface area contributed by atoms with Crippen LogP contribution in [0.1, 0.15) is 0 Å². The summed E-state index contributed by atoms with van der Waals surface area (Å²) < 4.78 is 9.20. The molecule has 0 aliphatic heterocycles. The van der Waals surface area contributed by atoms with Crippen molar-refractivity contribution in [3.63, 3.8) is 0 Å². The molecule has 0 spiro atoms. The molecule has 0 fully saturated rings. The Morgan fingerprint density at radius 2 is 0.839 bits per heavy atom. The van der Waals surface area contributed by atoms with Crippen molar-refractivity contribution in [3.05, 3.63) is 188 Å². The molecule has 0 radical (unpaired) electrons. The maximum Gasteiger partial charge on any atom is 0.164 e. The lowest BCUT2D eigenvalue weighted by Gasteiger charge is -2.11. The van der Waals surface area contributed by atoms with Gasteiger partial charge < -0.3 is 4.42 Å². The molecule has 0 saturated heterocycles. The van der Waals surface area contributed by atoms with Crippen molar-refractivity contribution >= 4 is 53.4 Å². The van der Waals surface area contributed by atoms with E-state index in [1.807, 2.05) is 72.0 Å². The predicted molar refractivity (Wildman–Crippen MR) is 233 cm³/mol. The van der Waals surface area contributed by atoms with Gasteiger partial charge >= 0.3 is 0 Å². The molecule has 0 aliphatic carbocycles. The van der Waals surface area contributed by atoms with Gasteiger partial charge in [-0.25, -0.2) is 15.0 Å². The summed E-state index contributed by atoms with van der Waals surface area (Å²) in [5.41, 5.74) is 11.5. The fourth-order valence-electron chi connectivity index (χ4n) is 7.78. The van der Waals surface area contributed by atoms with Crippen LogP contribution in [0.4, 0.5) is 0 Å². The van der Waals surface area contributed by atoms with Gasteiger partial charge in [0.25, 0.3) is 0 Å². The van der Waals surface area contributed by atoms with E-state index in [1.54, 1.807) is 0 Å². The summed E-state index contributed by atoms with van der Waals surface area (Å²) in [4.78, 5) is 14.8. The Morgan fingerprint density at radius 3 is 1.52 bits per heavy atom. The fraction of sp³-hybridized carbons (Fsp3) is 0. The van der Waals surface area contributed by atoms with Crippen LogP contribution in [0.2, 0.25) is 0 Å². The Labute approximate surface area is 327 Å². The molecule has 0 bridgehead atoms. The van der Waals surface area contributed by atoms with E-state index >= 15 is 0 Å². The van der Waals surface area contributed by atoms with Crippen molar-refractivity contribution in [3.8, 4) is 67.5 Å². The number of furan rings is 1. The van der Waals surface area contributed by atoms with Gasteiger partial charge in [0.1, 0.15) is 11.2 Å². The number of benzene rings is 8. The van der Waals surface area contributed by atoms with Crippen LogP contribution in [0.3, 0.4) is 0 Å². The van der Waals surface area contributed by atoms with Crippen molar-refractivity contribution < 1.29 is 4.42 Å². The summed E-state index contributed by atoms with van der Waals surface area (Å²) in [5.74, 6) is 1.86. The Morgan fingerprint density at radius 1 is 0.321 bits per heavy atom. The second kappa shape index (κ2) is 13.3. The molecule has 3 aromatic heterocycles. The minimum atomic E-state index is 0.598. The van der Waals surface area contributed by atoms with E-state index in [0.717, 1.165) is 49.8 Å². The van der Waals surface area contributed by atoms with Gasteiger partial charge in [-0.3, -0.25) is 0 Å². The van der Waals surface area contributed by atoms with Gasteiger partial charge in [0.2, 0.25) is 0 Å². The molecule has 11 rings (SSSR count). The molecule has 0 unspecified atom stereocenters. The van der Waals surface area contributed by atoms with E-state index in [2.05, 4.69) is 127 Å². The van der Waals surface area contributed by atoms with Crippen LogP contribution in [0.15, 0.2) is 192 Å². The van der Waals surface area contributed by atoms with Crippen LogP contribution in [-0.2, 0) is 0 Å². The standard InChI is InChI=1S/C51H31N3OS/c1-4-13-32(14-5-1)35-19-12-20-37(27-35)43-28-39(31-47-48(43)42-21-10-11-22-46(42)56-47)36-23-25-40-41-26-24-38(30-45(41)55-44(40)29-36)51-53-49(33-15-6-2-7-16-33)52-50(54-51)34-17-8-3-9-18-34/h1-31H. The molecule has 8 aromatic carbocycles. The van der Waals surface area contributed by atoms with Gasteiger partial charge in [-0.2, -0.15) is 0 Å². The predicted octanol–water partition coefficient (Wildman–Crippen LogP) is 14.1. The lowest BCUT2D eigenvalue weighted by molar-refractivity contribution is 0.669. The molecule has 3 heterocycles. The summed E-state index contributed by atoms with van der Waals surface area (Å²) in [6.07, 6.45) is 0. The van der Waals surface area contributed by atoms with E-state index < -0.39 is 0 Å². The van der Waals surface area contributed by atoms with Gasteiger partial charge in [0.05, 0.1) is 0 Å². The lowest BCUT2D eigenvalue weighted by Crippen LogP contribution is -2.00. The van der Waals surface area contributed by atoms with Crippen molar-refractivity contribution in [1.29, 1.82) is 0 Å². The third-order valence-corrected chi connectivity index (χ3v) is 11.6. The number of nitrogens with zero attached hydrogens (tertiary/aromatic N) is 3. The number of hydrogen-bond donors (Lipinski definition) is 0. The highest BCUT2D eigenvalue weighted by Gasteiger charge is 2.18. The molecular weight excluding hydrogens is 703 g/mol. The van der Waals surface area contributed by atoms with Crippen molar-refractivity contribution in [1.82, 2.24) is 15.0 Å². The van der Waals surface area contributed by atoms with Gasteiger partial charge in [-0.05, 0) is 81.9 Å². The Hall–Kier alpha value is -7.21. The smallest absolute Gasteiger partial charge is 0.164 e. The third-order valence-electron chi connectivity index (χ3n) is 10.5. The topological polar surface area (TPSA) is 51.8 Å². The zero-order chi connectivity index (χ0) is 37.0. The average Bonchev–Trinajstić information content (AvgIpc) is 3.84. The van der Waals surface area contributed by atoms with Crippen molar-refractivity contribution in [2.45, 2.75) is 0 Å². The second-order valence-corrected chi connectivity index (χ2v) is 15.1. The maximum atomic E-state index is 6.65. The number of thiophene rings is 1. The summed E-state index contributed by atoms with van der Waals surface area (Å²) in [7, 11) is 0. The van der Waals surface area contributed by atoms with Gasteiger partial charge in [-0.15, -0.1) is 11.3 Å². The van der Waals surface area contributed by atoms with E-state index in [9.17, 15) is 0 Å². The first kappa shape index (κ1) is 32.2. The molecule has 262 valence electrons. The summed E-state index contributed by atoms with van der Waals surface area (Å²) in [6.45, 7) is 0. The largest absolute Gasteiger partial charge is 0.456 e. The van der Waals surface area contributed by atoms with E-state index in [4.69, 9.17) is 19.4 Å². The van der Waals surface area contributed by atoms with Crippen LogP contribution >= 0.6 is 11.3 Å². The second-order valence-electron chi connectivity index (χ2n) is 14.0. The third kappa shape index (κ3) is 5.65. The number of rotatable bonds is 6. The summed E-state index contributed by atoms with van der Waals surface area (Å²) >= 11 is 1.85. The van der Waals surface area contributed by atoms with Gasteiger partial charge in [0, 0.05) is 47.6 Å². The number of hydrogen-bond acceptors (Lipinski definition) is 5. The molecule has 5 heteroatoms. The van der Waals surface area contributed by atoms with Crippen LogP contribution in [-0.4, -0.2) is 15.0 Å².